The van der Waals surface area contributed by atoms with E-state index in [9.17, 15) is 9.90 Å². The van der Waals surface area contributed by atoms with Gasteiger partial charge in [0.05, 0.1) is 22.8 Å². The standard InChI is InChI=1S/C40H24N8.C5H8O2.Gd/c1-2-30-38(26-11-19-42-20-12-26)32-5-6-34(47-32)40(28-15-23-44-24-16-28)36-8-7-35(48-36)39(27-13-21-43-22-14-27)33-4-3-31(46-33)37(29(1)45-30)25-9-17-41-18-10-25;1-4(6)3-5(2)7;/h1-24H;3,6H,1-2H3;/q-2;;+3/p-1/b;4-3+;. The van der Waals surface area contributed by atoms with Crippen LogP contribution in [0.25, 0.3) is 90.9 Å². The van der Waals surface area contributed by atoms with Gasteiger partial charge in [0.2, 0.25) is 0 Å². The van der Waals surface area contributed by atoms with E-state index in [2.05, 4.69) is 68.5 Å². The van der Waals surface area contributed by atoms with E-state index < -0.39 is 0 Å². The third-order valence-corrected chi connectivity index (χ3v) is 8.89. The van der Waals surface area contributed by atoms with Crippen molar-refractivity contribution >= 4 is 52.2 Å². The van der Waals surface area contributed by atoms with Gasteiger partial charge in [-0.3, -0.25) is 24.7 Å². The van der Waals surface area contributed by atoms with Crippen LogP contribution in [0.15, 0.2) is 134 Å². The Morgan fingerprint density at radius 2 is 0.714 bits per heavy atom. The van der Waals surface area contributed by atoms with Crippen molar-refractivity contribution in [1.82, 2.24) is 39.9 Å². The maximum atomic E-state index is 9.98. The molecule has 0 fully saturated rings. The van der Waals surface area contributed by atoms with Crippen LogP contribution in [0, 0.1) is 39.9 Å². The van der Waals surface area contributed by atoms with Crippen LogP contribution < -0.4 is 15.1 Å². The summed E-state index contributed by atoms with van der Waals surface area (Å²) < 4.78 is 0. The summed E-state index contributed by atoms with van der Waals surface area (Å²) in [5.41, 5.74) is 13.9. The molecule has 0 aromatic carbocycles. The van der Waals surface area contributed by atoms with Gasteiger partial charge >= 0.3 is 39.9 Å². The average molecular weight is 873 g/mol. The molecule has 0 saturated carbocycles. The predicted molar refractivity (Wildman–Crippen MR) is 214 cm³/mol. The number of carbonyl (C=O) groups excluding carboxylic acids is 1. The Kier molecular flexibility index (Phi) is 11.6. The molecule has 56 heavy (non-hydrogen) atoms. The van der Waals surface area contributed by atoms with Crippen LogP contribution in [-0.4, -0.2) is 35.7 Å². The van der Waals surface area contributed by atoms with Crippen molar-refractivity contribution in [3.05, 3.63) is 157 Å². The van der Waals surface area contributed by atoms with Crippen molar-refractivity contribution in [2.24, 2.45) is 0 Å². The summed E-state index contributed by atoms with van der Waals surface area (Å²) >= 11 is 0. The fraction of sp³-hybridized carbons (Fsp3) is 0.0444. The normalized spacial score (nSPS) is 11.7. The summed E-state index contributed by atoms with van der Waals surface area (Å²) in [7, 11) is 0. The molecule has 9 heterocycles. The quantitative estimate of drug-likeness (QED) is 0.123. The molecular weight excluding hydrogens is 842 g/mol. The Bertz CT molecular complexity index is 2440. The van der Waals surface area contributed by atoms with Crippen LogP contribution in [0.3, 0.4) is 0 Å². The summed E-state index contributed by atoms with van der Waals surface area (Å²) in [6, 6.07) is 24.1. The molecule has 271 valence electrons. The first-order valence-corrected chi connectivity index (χ1v) is 17.5. The van der Waals surface area contributed by atoms with Gasteiger partial charge in [-0.15, -0.1) is 27.8 Å². The van der Waals surface area contributed by atoms with Crippen LogP contribution in [0.5, 0.6) is 0 Å². The number of pyridine rings is 4. The zero-order valence-electron chi connectivity index (χ0n) is 30.2. The Morgan fingerprint density at radius 3 is 0.911 bits per heavy atom. The van der Waals surface area contributed by atoms with E-state index >= 15 is 0 Å². The minimum absolute atomic E-state index is 0. The molecule has 11 heteroatoms. The van der Waals surface area contributed by atoms with Crippen LogP contribution in [0.2, 0.25) is 0 Å². The first-order chi connectivity index (χ1) is 26.9. The molecule has 0 aliphatic carbocycles. The number of ketones is 1. The monoisotopic (exact) mass is 873 g/mol. The molecule has 2 aliphatic rings. The molecular formula is C45H31GdN8O2. The van der Waals surface area contributed by atoms with Gasteiger partial charge < -0.3 is 15.1 Å². The SMILES string of the molecule is C1=Cc2nc1c(-c1ccncc1)c1ccc([n-]1)c(-c1ccncc1)c1nc(c(-c3ccncc3)c3ccc([n-]3)c2-c2ccncc2)C=C1.CC(=O)/C=C(\C)[O-].[Gd+3]. The van der Waals surface area contributed by atoms with Gasteiger partial charge in [0.15, 0.2) is 5.78 Å². The van der Waals surface area contributed by atoms with Gasteiger partial charge in [0.1, 0.15) is 0 Å². The molecule has 2 aliphatic heterocycles. The van der Waals surface area contributed by atoms with Crippen molar-refractivity contribution in [2.75, 3.05) is 0 Å². The van der Waals surface area contributed by atoms with Crippen molar-refractivity contribution in [1.29, 1.82) is 0 Å². The minimum Gasteiger partial charge on any atom is -0.876 e. The van der Waals surface area contributed by atoms with Crippen molar-refractivity contribution in [2.45, 2.75) is 13.8 Å². The fourth-order valence-electron chi connectivity index (χ4n) is 6.63. The zero-order valence-corrected chi connectivity index (χ0v) is 32.4. The van der Waals surface area contributed by atoms with Gasteiger partial charge in [-0.05, 0) is 130 Å². The number of carbonyl (C=O) groups is 1. The zero-order chi connectivity index (χ0) is 37.7. The fourth-order valence-corrected chi connectivity index (χ4v) is 6.63. The van der Waals surface area contributed by atoms with Gasteiger partial charge in [0, 0.05) is 49.6 Å². The molecule has 7 aromatic rings. The minimum atomic E-state index is -0.187. The van der Waals surface area contributed by atoms with Gasteiger partial charge in [-0.25, -0.2) is 9.97 Å². The molecule has 9 rings (SSSR count). The van der Waals surface area contributed by atoms with Gasteiger partial charge in [-0.1, -0.05) is 31.2 Å². The van der Waals surface area contributed by atoms with Crippen LogP contribution in [-0.2, 0) is 4.79 Å². The molecule has 8 bridgehead atoms. The predicted octanol–water partition coefficient (Wildman–Crippen LogP) is 8.00. The molecule has 1 radical (unpaired) electrons. The summed E-state index contributed by atoms with van der Waals surface area (Å²) in [4.78, 5) is 48.1. The smallest absolute Gasteiger partial charge is 0.876 e. The maximum Gasteiger partial charge on any atom is 3.00 e. The number of fused-ring (bicyclic) bond motifs is 8. The Balaban J connectivity index is 0.000000552. The van der Waals surface area contributed by atoms with Crippen LogP contribution in [0.1, 0.15) is 36.6 Å². The molecule has 0 amide bonds. The van der Waals surface area contributed by atoms with Gasteiger partial charge in [0.25, 0.3) is 0 Å². The summed E-state index contributed by atoms with van der Waals surface area (Å²) in [5.74, 6) is -0.375. The van der Waals surface area contributed by atoms with Crippen LogP contribution in [0.4, 0.5) is 0 Å². The first kappa shape index (κ1) is 38.0. The molecule has 7 aromatic heterocycles. The number of rotatable bonds is 5. The van der Waals surface area contributed by atoms with E-state index in [1.165, 1.54) is 13.8 Å². The Hall–Kier alpha value is -6.27. The third kappa shape index (κ3) is 8.06. The van der Waals surface area contributed by atoms with Crippen molar-refractivity contribution in [3.8, 4) is 44.5 Å². The largest absolute Gasteiger partial charge is 3.00 e. The number of allylic oxidation sites excluding steroid dienone is 2. The van der Waals surface area contributed by atoms with Crippen molar-refractivity contribution < 1.29 is 49.8 Å². The van der Waals surface area contributed by atoms with E-state index in [-0.39, 0.29) is 51.5 Å². The number of nitrogens with zero attached hydrogens (tertiary/aromatic N) is 8. The second kappa shape index (κ2) is 17.0. The summed E-state index contributed by atoms with van der Waals surface area (Å²) in [6.07, 6.45) is 23.6. The van der Waals surface area contributed by atoms with E-state index in [4.69, 9.17) is 19.9 Å². The van der Waals surface area contributed by atoms with Crippen molar-refractivity contribution in [3.63, 3.8) is 0 Å². The molecule has 0 unspecified atom stereocenters. The molecule has 0 N–H and O–H groups in total. The number of hydrogen-bond donors (Lipinski definition) is 0. The third-order valence-electron chi connectivity index (χ3n) is 8.89. The average Bonchev–Trinajstić information content (AvgIpc) is 4.04. The molecule has 0 saturated heterocycles. The Labute approximate surface area is 354 Å². The summed E-state index contributed by atoms with van der Waals surface area (Å²) in [6.45, 7) is 2.70. The molecule has 0 atom stereocenters. The van der Waals surface area contributed by atoms with Crippen LogP contribution >= 0.6 is 0 Å². The number of hydrogen-bond acceptors (Lipinski definition) is 8. The topological polar surface area (TPSA) is 146 Å². The van der Waals surface area contributed by atoms with Gasteiger partial charge in [-0.2, -0.15) is 0 Å². The second-order valence-corrected chi connectivity index (χ2v) is 12.7. The van der Waals surface area contributed by atoms with E-state index in [1.54, 1.807) is 49.6 Å². The van der Waals surface area contributed by atoms with E-state index in [0.717, 1.165) is 95.4 Å². The van der Waals surface area contributed by atoms with E-state index in [0.29, 0.717) is 0 Å². The number of aromatic nitrogens is 8. The molecule has 0 spiro atoms. The first-order valence-electron chi connectivity index (χ1n) is 17.5. The second-order valence-electron chi connectivity index (χ2n) is 12.7. The maximum absolute atomic E-state index is 9.98. The van der Waals surface area contributed by atoms with E-state index in [1.807, 2.05) is 48.5 Å². The Morgan fingerprint density at radius 1 is 0.464 bits per heavy atom. The summed E-state index contributed by atoms with van der Waals surface area (Å²) in [5, 5.41) is 9.98. The molecule has 10 nitrogen and oxygen atoms in total.